The van der Waals surface area contributed by atoms with Crippen LogP contribution in [0.1, 0.15) is 33.2 Å². The van der Waals surface area contributed by atoms with Crippen LogP contribution in [-0.2, 0) is 0 Å². The number of ether oxygens (including phenoxy) is 1. The van der Waals surface area contributed by atoms with E-state index in [9.17, 15) is 9.59 Å². The minimum absolute atomic E-state index is 0.0764. The largest absolute Gasteiger partial charge is 0.483 e. The van der Waals surface area contributed by atoms with Gasteiger partial charge in [0.05, 0.1) is 0 Å². The van der Waals surface area contributed by atoms with E-state index in [1.165, 1.54) is 0 Å². The first kappa shape index (κ1) is 18.4. The summed E-state index contributed by atoms with van der Waals surface area (Å²) in [7, 11) is 0. The number of hydrogen-bond donors (Lipinski definition) is 1. The molecule has 0 spiro atoms. The first-order valence-electron chi connectivity index (χ1n) is 8.77. The van der Waals surface area contributed by atoms with Crippen molar-refractivity contribution in [3.8, 4) is 5.75 Å². The highest BCUT2D eigenvalue weighted by atomic mass is 16.5. The molecule has 3 aromatic rings. The average molecular weight is 359 g/mol. The summed E-state index contributed by atoms with van der Waals surface area (Å²) < 4.78 is 5.73. The number of ketones is 1. The lowest BCUT2D eigenvalue weighted by atomic mass is 10.1. The molecule has 0 saturated carbocycles. The van der Waals surface area contributed by atoms with Crippen LogP contribution in [-0.4, -0.2) is 17.8 Å². The molecule has 3 aromatic carbocycles. The summed E-state index contributed by atoms with van der Waals surface area (Å²) in [6, 6.07) is 23.5. The maximum Gasteiger partial charge on any atom is 0.255 e. The maximum absolute atomic E-state index is 12.4. The standard InChI is InChI=1S/C23H21NO3/c1-16-8-6-7-11-21(16)23(26)24-19-12-14-20(15-13-19)27-17(2)22(25)18-9-4-3-5-10-18/h3-15,17H,1-2H3,(H,24,26). The van der Waals surface area contributed by atoms with Gasteiger partial charge in [0, 0.05) is 16.8 Å². The number of nitrogens with one attached hydrogen (secondary N) is 1. The Hall–Kier alpha value is -3.40. The Labute approximate surface area is 158 Å². The molecule has 1 atom stereocenters. The van der Waals surface area contributed by atoms with Gasteiger partial charge in [0.2, 0.25) is 5.78 Å². The lowest BCUT2D eigenvalue weighted by Gasteiger charge is -2.14. The third-order valence-electron chi connectivity index (χ3n) is 4.24. The van der Waals surface area contributed by atoms with Gasteiger partial charge in [0.1, 0.15) is 5.75 Å². The molecule has 0 fully saturated rings. The third-order valence-corrected chi connectivity index (χ3v) is 4.24. The molecule has 136 valence electrons. The zero-order valence-corrected chi connectivity index (χ0v) is 15.3. The number of amides is 1. The smallest absolute Gasteiger partial charge is 0.255 e. The zero-order chi connectivity index (χ0) is 19.2. The molecule has 1 unspecified atom stereocenters. The van der Waals surface area contributed by atoms with E-state index in [1.54, 1.807) is 49.4 Å². The first-order valence-corrected chi connectivity index (χ1v) is 8.77. The summed E-state index contributed by atoms with van der Waals surface area (Å²) in [5.74, 6) is 0.336. The van der Waals surface area contributed by atoms with Crippen LogP contribution in [0.15, 0.2) is 78.9 Å². The molecular weight excluding hydrogens is 338 g/mol. The minimum atomic E-state index is -0.597. The molecule has 0 heterocycles. The highest BCUT2D eigenvalue weighted by Gasteiger charge is 2.16. The van der Waals surface area contributed by atoms with Crippen LogP contribution in [0.5, 0.6) is 5.75 Å². The van der Waals surface area contributed by atoms with Gasteiger partial charge < -0.3 is 10.1 Å². The van der Waals surface area contributed by atoms with Crippen molar-refractivity contribution < 1.29 is 14.3 Å². The highest BCUT2D eigenvalue weighted by molar-refractivity contribution is 6.05. The molecule has 0 radical (unpaired) electrons. The van der Waals surface area contributed by atoms with Crippen molar-refractivity contribution in [2.45, 2.75) is 20.0 Å². The summed E-state index contributed by atoms with van der Waals surface area (Å²) in [5, 5.41) is 2.87. The van der Waals surface area contributed by atoms with Gasteiger partial charge in [-0.25, -0.2) is 0 Å². The summed E-state index contributed by atoms with van der Waals surface area (Å²) >= 11 is 0. The normalized spacial score (nSPS) is 11.5. The molecule has 1 amide bonds. The second-order valence-corrected chi connectivity index (χ2v) is 6.28. The van der Waals surface area contributed by atoms with Gasteiger partial charge in [-0.3, -0.25) is 9.59 Å². The fraction of sp³-hybridized carbons (Fsp3) is 0.130. The number of carbonyl (C=O) groups is 2. The van der Waals surface area contributed by atoms with Crippen LogP contribution in [0, 0.1) is 6.92 Å². The van der Waals surface area contributed by atoms with Crippen molar-refractivity contribution in [1.82, 2.24) is 0 Å². The molecule has 0 aromatic heterocycles. The van der Waals surface area contributed by atoms with Crippen LogP contribution in [0.4, 0.5) is 5.69 Å². The molecule has 3 rings (SSSR count). The predicted molar refractivity (Wildman–Crippen MR) is 106 cm³/mol. The van der Waals surface area contributed by atoms with Crippen molar-refractivity contribution >= 4 is 17.4 Å². The molecule has 0 saturated heterocycles. The molecule has 4 heteroatoms. The van der Waals surface area contributed by atoms with Gasteiger partial charge in [0.15, 0.2) is 6.10 Å². The van der Waals surface area contributed by atoms with Crippen LogP contribution in [0.2, 0.25) is 0 Å². The Morgan fingerprint density at radius 2 is 1.48 bits per heavy atom. The van der Waals surface area contributed by atoms with Crippen LogP contribution in [0.25, 0.3) is 0 Å². The van der Waals surface area contributed by atoms with Gasteiger partial charge in [-0.15, -0.1) is 0 Å². The lowest BCUT2D eigenvalue weighted by molar-refractivity contribution is 0.0818. The lowest BCUT2D eigenvalue weighted by Crippen LogP contribution is -2.23. The Kier molecular flexibility index (Phi) is 5.67. The van der Waals surface area contributed by atoms with E-state index in [-0.39, 0.29) is 11.7 Å². The van der Waals surface area contributed by atoms with Crippen molar-refractivity contribution in [3.63, 3.8) is 0 Å². The van der Waals surface area contributed by atoms with E-state index >= 15 is 0 Å². The third kappa shape index (κ3) is 4.61. The molecule has 0 aliphatic rings. The summed E-state index contributed by atoms with van der Waals surface area (Å²) in [6.07, 6.45) is -0.597. The summed E-state index contributed by atoms with van der Waals surface area (Å²) in [4.78, 5) is 24.7. The molecule has 27 heavy (non-hydrogen) atoms. The second kappa shape index (κ2) is 8.32. The topological polar surface area (TPSA) is 55.4 Å². The number of rotatable bonds is 6. The first-order chi connectivity index (χ1) is 13.0. The van der Waals surface area contributed by atoms with E-state index in [4.69, 9.17) is 4.74 Å². The minimum Gasteiger partial charge on any atom is -0.483 e. The highest BCUT2D eigenvalue weighted by Crippen LogP contribution is 2.19. The van der Waals surface area contributed by atoms with Gasteiger partial charge in [-0.2, -0.15) is 0 Å². The monoisotopic (exact) mass is 359 g/mol. The van der Waals surface area contributed by atoms with E-state index in [0.29, 0.717) is 22.6 Å². The Morgan fingerprint density at radius 3 is 2.15 bits per heavy atom. The molecule has 0 aliphatic carbocycles. The zero-order valence-electron chi connectivity index (χ0n) is 15.3. The number of anilines is 1. The van der Waals surface area contributed by atoms with E-state index in [0.717, 1.165) is 5.56 Å². The van der Waals surface area contributed by atoms with Crippen molar-refractivity contribution in [1.29, 1.82) is 0 Å². The van der Waals surface area contributed by atoms with Crippen molar-refractivity contribution in [2.75, 3.05) is 5.32 Å². The van der Waals surface area contributed by atoms with Crippen LogP contribution < -0.4 is 10.1 Å². The van der Waals surface area contributed by atoms with E-state index in [1.807, 2.05) is 43.3 Å². The molecule has 0 bridgehead atoms. The number of benzene rings is 3. The van der Waals surface area contributed by atoms with E-state index < -0.39 is 6.10 Å². The number of Topliss-reactive ketones (excluding diaryl/α,β-unsaturated/α-hetero) is 1. The van der Waals surface area contributed by atoms with Gasteiger partial charge in [-0.05, 0) is 49.7 Å². The summed E-state index contributed by atoms with van der Waals surface area (Å²) in [5.41, 5.74) is 2.84. The molecule has 1 N–H and O–H groups in total. The van der Waals surface area contributed by atoms with Gasteiger partial charge in [0.25, 0.3) is 5.91 Å². The number of hydrogen-bond acceptors (Lipinski definition) is 3. The quantitative estimate of drug-likeness (QED) is 0.637. The maximum atomic E-state index is 12.4. The van der Waals surface area contributed by atoms with Gasteiger partial charge >= 0.3 is 0 Å². The average Bonchev–Trinajstić information content (AvgIpc) is 2.69. The number of carbonyl (C=O) groups excluding carboxylic acids is 2. The Balaban J connectivity index is 1.63. The van der Waals surface area contributed by atoms with Crippen molar-refractivity contribution in [3.05, 3.63) is 95.6 Å². The van der Waals surface area contributed by atoms with Crippen LogP contribution in [0.3, 0.4) is 0 Å². The Bertz CT molecular complexity index is 933. The molecular formula is C23H21NO3. The van der Waals surface area contributed by atoms with Crippen molar-refractivity contribution in [2.24, 2.45) is 0 Å². The number of aryl methyl sites for hydroxylation is 1. The molecule has 0 aliphatic heterocycles. The van der Waals surface area contributed by atoms with Gasteiger partial charge in [-0.1, -0.05) is 48.5 Å². The SMILES string of the molecule is Cc1ccccc1C(=O)Nc1ccc(OC(C)C(=O)c2ccccc2)cc1. The second-order valence-electron chi connectivity index (χ2n) is 6.28. The summed E-state index contributed by atoms with van der Waals surface area (Å²) in [6.45, 7) is 3.63. The fourth-order valence-electron chi connectivity index (χ4n) is 2.74. The fourth-order valence-corrected chi connectivity index (χ4v) is 2.74. The molecule has 4 nitrogen and oxygen atoms in total. The Morgan fingerprint density at radius 1 is 0.852 bits per heavy atom. The van der Waals surface area contributed by atoms with Crippen LogP contribution >= 0.6 is 0 Å². The predicted octanol–water partition coefficient (Wildman–Crippen LogP) is 4.90. The van der Waals surface area contributed by atoms with E-state index in [2.05, 4.69) is 5.32 Å².